The lowest BCUT2D eigenvalue weighted by Crippen LogP contribution is -2.56. The lowest BCUT2D eigenvalue weighted by Gasteiger charge is -2.34. The summed E-state index contributed by atoms with van der Waals surface area (Å²) >= 11 is 0. The third-order valence-electron chi connectivity index (χ3n) is 8.04. The van der Waals surface area contributed by atoms with Crippen LogP contribution in [0.3, 0.4) is 0 Å². The summed E-state index contributed by atoms with van der Waals surface area (Å²) in [6, 6.07) is -0.712. The number of nitrogens with zero attached hydrogens (tertiary/aromatic N) is 2. The first-order chi connectivity index (χ1) is 17.0. The highest BCUT2D eigenvalue weighted by atomic mass is 16.5. The van der Waals surface area contributed by atoms with Gasteiger partial charge >= 0.3 is 0 Å². The normalized spacial score (nSPS) is 32.2. The molecule has 2 bridgehead atoms. The Kier molecular flexibility index (Phi) is 9.02. The molecule has 0 saturated carbocycles. The molecule has 4 heterocycles. The third-order valence-corrected chi connectivity index (χ3v) is 8.04. The minimum absolute atomic E-state index is 0.126. The molecule has 0 aromatic carbocycles. The topological polar surface area (TPSA) is 120 Å². The molecule has 10 nitrogen and oxygen atoms in total. The summed E-state index contributed by atoms with van der Waals surface area (Å²) in [7, 11) is 0. The fourth-order valence-corrected chi connectivity index (χ4v) is 6.37. The van der Waals surface area contributed by atoms with Gasteiger partial charge in [-0.2, -0.15) is 0 Å². The van der Waals surface area contributed by atoms with E-state index in [4.69, 9.17) is 14.6 Å². The molecule has 0 aliphatic carbocycles. The highest BCUT2D eigenvalue weighted by molar-refractivity contribution is 5.98. The maximum atomic E-state index is 13.7. The van der Waals surface area contributed by atoms with Crippen LogP contribution in [0.5, 0.6) is 0 Å². The minimum Gasteiger partial charge on any atom is -0.396 e. The number of carbonyl (C=O) groups is 3. The van der Waals surface area contributed by atoms with Crippen molar-refractivity contribution in [2.75, 3.05) is 59.1 Å². The molecule has 5 atom stereocenters. The van der Waals surface area contributed by atoms with Crippen molar-refractivity contribution in [2.45, 2.75) is 69.6 Å². The second-order valence-corrected chi connectivity index (χ2v) is 10.3. The Morgan fingerprint density at radius 2 is 1.80 bits per heavy atom. The molecular formula is C25H42N4O6. The first-order valence-corrected chi connectivity index (χ1v) is 13.5. The molecule has 4 rings (SSSR count). The van der Waals surface area contributed by atoms with E-state index in [2.05, 4.69) is 15.5 Å². The molecule has 4 aliphatic heterocycles. The van der Waals surface area contributed by atoms with Crippen molar-refractivity contribution in [3.63, 3.8) is 0 Å². The van der Waals surface area contributed by atoms with Gasteiger partial charge < -0.3 is 30.1 Å². The van der Waals surface area contributed by atoms with Crippen LogP contribution in [0, 0.1) is 11.8 Å². The maximum absolute atomic E-state index is 13.7. The van der Waals surface area contributed by atoms with Crippen molar-refractivity contribution < 1.29 is 29.0 Å². The number of hydrogen-bond acceptors (Lipinski definition) is 7. The van der Waals surface area contributed by atoms with Crippen LogP contribution in [0.4, 0.5) is 0 Å². The number of likely N-dealkylation sites (tertiary alicyclic amines) is 1. The lowest BCUT2D eigenvalue weighted by molar-refractivity contribution is -0.142. The predicted octanol–water partition coefficient (Wildman–Crippen LogP) is -0.112. The van der Waals surface area contributed by atoms with Gasteiger partial charge in [-0.05, 0) is 32.1 Å². The number of unbranched alkanes of at least 4 members (excludes halogenated alkanes) is 3. The Balaban J connectivity index is 1.47. The SMILES string of the molecule is CCCNC(=O)[C@@H]1[C@H]2C(=O)N(CCCCCCO)C(C(=O)NCCN3CCOCC3)C23CC[C@H]1O3. The number of aliphatic hydroxyl groups is 1. The van der Waals surface area contributed by atoms with Gasteiger partial charge in [-0.15, -0.1) is 0 Å². The average molecular weight is 495 g/mol. The molecule has 3 N–H and O–H groups in total. The molecule has 0 radical (unpaired) electrons. The second-order valence-electron chi connectivity index (χ2n) is 10.3. The van der Waals surface area contributed by atoms with E-state index < -0.39 is 23.5 Å². The lowest BCUT2D eigenvalue weighted by atomic mass is 9.70. The summed E-state index contributed by atoms with van der Waals surface area (Å²) in [4.78, 5) is 44.3. The van der Waals surface area contributed by atoms with E-state index in [1.54, 1.807) is 4.90 Å². The van der Waals surface area contributed by atoms with E-state index in [0.29, 0.717) is 45.7 Å². The Hall–Kier alpha value is -1.75. The van der Waals surface area contributed by atoms with Crippen LogP contribution in [0.15, 0.2) is 0 Å². The van der Waals surface area contributed by atoms with E-state index in [1.807, 2.05) is 6.92 Å². The fraction of sp³-hybridized carbons (Fsp3) is 0.880. The number of fused-ring (bicyclic) bond motifs is 1. The number of amides is 3. The molecule has 3 amide bonds. The number of ether oxygens (including phenoxy) is 2. The van der Waals surface area contributed by atoms with Gasteiger partial charge in [0.2, 0.25) is 17.7 Å². The quantitative estimate of drug-likeness (QED) is 0.306. The molecule has 0 aromatic heterocycles. The molecule has 1 spiro atoms. The highest BCUT2D eigenvalue weighted by Crippen LogP contribution is 2.58. The van der Waals surface area contributed by atoms with Gasteiger partial charge in [0, 0.05) is 45.9 Å². The van der Waals surface area contributed by atoms with Crippen molar-refractivity contribution in [3.8, 4) is 0 Å². The van der Waals surface area contributed by atoms with Gasteiger partial charge in [-0.1, -0.05) is 19.8 Å². The molecule has 198 valence electrons. The number of aliphatic hydroxyl groups excluding tert-OH is 1. The molecule has 4 fully saturated rings. The van der Waals surface area contributed by atoms with Crippen LogP contribution in [0.1, 0.15) is 51.9 Å². The molecule has 4 saturated heterocycles. The van der Waals surface area contributed by atoms with Crippen LogP contribution in [-0.2, 0) is 23.9 Å². The van der Waals surface area contributed by atoms with E-state index >= 15 is 0 Å². The van der Waals surface area contributed by atoms with Crippen LogP contribution in [-0.4, -0.2) is 109 Å². The number of hydrogen-bond donors (Lipinski definition) is 3. The fourth-order valence-electron chi connectivity index (χ4n) is 6.37. The Morgan fingerprint density at radius 1 is 1.06 bits per heavy atom. The second kappa shape index (κ2) is 12.0. The Morgan fingerprint density at radius 3 is 2.54 bits per heavy atom. The van der Waals surface area contributed by atoms with Gasteiger partial charge in [0.25, 0.3) is 0 Å². The monoisotopic (exact) mass is 494 g/mol. The number of nitrogens with one attached hydrogen (secondary N) is 2. The van der Waals surface area contributed by atoms with E-state index in [-0.39, 0.29) is 30.4 Å². The van der Waals surface area contributed by atoms with Crippen LogP contribution in [0.25, 0.3) is 0 Å². The van der Waals surface area contributed by atoms with E-state index in [1.165, 1.54) is 0 Å². The summed E-state index contributed by atoms with van der Waals surface area (Å²) < 4.78 is 11.8. The zero-order valence-corrected chi connectivity index (χ0v) is 21.0. The molecule has 10 heteroatoms. The van der Waals surface area contributed by atoms with Crippen molar-refractivity contribution in [3.05, 3.63) is 0 Å². The van der Waals surface area contributed by atoms with Crippen molar-refractivity contribution in [2.24, 2.45) is 11.8 Å². The smallest absolute Gasteiger partial charge is 0.245 e. The summed E-state index contributed by atoms with van der Waals surface area (Å²) in [6.45, 7) is 7.52. The zero-order chi connectivity index (χ0) is 24.8. The van der Waals surface area contributed by atoms with E-state index in [0.717, 1.165) is 51.7 Å². The zero-order valence-electron chi connectivity index (χ0n) is 21.0. The van der Waals surface area contributed by atoms with Gasteiger partial charge in [-0.25, -0.2) is 0 Å². The van der Waals surface area contributed by atoms with Gasteiger partial charge in [0.15, 0.2) is 0 Å². The van der Waals surface area contributed by atoms with Gasteiger partial charge in [-0.3, -0.25) is 19.3 Å². The first-order valence-electron chi connectivity index (χ1n) is 13.5. The molecule has 35 heavy (non-hydrogen) atoms. The summed E-state index contributed by atoms with van der Waals surface area (Å²) in [5.74, 6) is -1.58. The maximum Gasteiger partial charge on any atom is 0.245 e. The summed E-state index contributed by atoms with van der Waals surface area (Å²) in [5, 5.41) is 15.1. The van der Waals surface area contributed by atoms with Crippen LogP contribution < -0.4 is 10.6 Å². The summed E-state index contributed by atoms with van der Waals surface area (Å²) in [5.41, 5.74) is -0.926. The van der Waals surface area contributed by atoms with E-state index in [9.17, 15) is 14.4 Å². The average Bonchev–Trinajstić information content (AvgIpc) is 3.50. The number of carbonyl (C=O) groups excluding carboxylic acids is 3. The van der Waals surface area contributed by atoms with Crippen LogP contribution in [0.2, 0.25) is 0 Å². The summed E-state index contributed by atoms with van der Waals surface area (Å²) in [6.07, 6.45) is 5.06. The van der Waals surface area contributed by atoms with Crippen LogP contribution >= 0.6 is 0 Å². The predicted molar refractivity (Wildman–Crippen MR) is 128 cm³/mol. The Labute approximate surface area is 208 Å². The molecule has 2 unspecified atom stereocenters. The number of rotatable bonds is 13. The van der Waals surface area contributed by atoms with Gasteiger partial charge in [0.1, 0.15) is 11.6 Å². The first kappa shape index (κ1) is 26.3. The Bertz CT molecular complexity index is 760. The highest BCUT2D eigenvalue weighted by Gasteiger charge is 2.74. The minimum atomic E-state index is -0.926. The van der Waals surface area contributed by atoms with Gasteiger partial charge in [0.05, 0.1) is 31.2 Å². The van der Waals surface area contributed by atoms with Crippen molar-refractivity contribution in [1.29, 1.82) is 0 Å². The standard InChI is InChI=1S/C25H42N4O6/c1-2-9-26-22(31)19-18-7-8-25(35-18)20(19)24(33)29(11-5-3-4-6-15-30)21(25)23(32)27-10-12-28-13-16-34-17-14-28/h18-21,30H,2-17H2,1H3,(H,26,31)(H,27,32)/t18-,19+,20+,21?,25?/m1/s1. The van der Waals surface area contributed by atoms with Crippen molar-refractivity contribution in [1.82, 2.24) is 20.4 Å². The number of morpholine rings is 1. The molecular weight excluding hydrogens is 452 g/mol. The molecule has 4 aliphatic rings. The van der Waals surface area contributed by atoms with Crippen molar-refractivity contribution >= 4 is 17.7 Å². The largest absolute Gasteiger partial charge is 0.396 e. The third kappa shape index (κ3) is 5.35. The molecule has 0 aromatic rings.